The van der Waals surface area contributed by atoms with Crippen LogP contribution in [0.25, 0.3) is 0 Å². The van der Waals surface area contributed by atoms with Crippen LogP contribution in [0.3, 0.4) is 0 Å². The number of carboxylic acid groups (broad SMARTS) is 1. The van der Waals surface area contributed by atoms with Crippen molar-refractivity contribution >= 4 is 45.2 Å². The number of imide groups is 1. The zero-order chi connectivity index (χ0) is 13.5. The van der Waals surface area contributed by atoms with E-state index in [0.29, 0.717) is 6.08 Å². The fourth-order valence-electron chi connectivity index (χ4n) is 0.959. The Labute approximate surface area is 115 Å². The number of halogens is 1. The van der Waals surface area contributed by atoms with E-state index >= 15 is 0 Å². The molecule has 96 valence electrons. The van der Waals surface area contributed by atoms with Gasteiger partial charge in [0.05, 0.1) is 6.54 Å². The number of amides is 3. The monoisotopic (exact) mass is 332 g/mol. The van der Waals surface area contributed by atoms with Gasteiger partial charge in [-0.15, -0.1) is 11.3 Å². The van der Waals surface area contributed by atoms with E-state index in [0.717, 1.165) is 15.4 Å². The molecule has 6 nitrogen and oxygen atoms in total. The van der Waals surface area contributed by atoms with Gasteiger partial charge in [0, 0.05) is 26.9 Å². The first kappa shape index (κ1) is 14.4. The predicted molar refractivity (Wildman–Crippen MR) is 69.2 cm³/mol. The van der Waals surface area contributed by atoms with Crippen molar-refractivity contribution in [3.05, 3.63) is 32.9 Å². The van der Waals surface area contributed by atoms with Gasteiger partial charge in [-0.2, -0.15) is 0 Å². The third-order valence-corrected chi connectivity index (χ3v) is 3.36. The van der Waals surface area contributed by atoms with E-state index in [9.17, 15) is 14.4 Å². The number of rotatable bonds is 4. The molecule has 0 saturated heterocycles. The summed E-state index contributed by atoms with van der Waals surface area (Å²) in [5.74, 6) is -2.05. The minimum atomic E-state index is -1.26. The SMILES string of the molecule is O=C(O)C=CC(=O)NC(=O)NCc1cc(Br)cs1. The number of hydrogen-bond donors (Lipinski definition) is 3. The van der Waals surface area contributed by atoms with Crippen LogP contribution in [-0.4, -0.2) is 23.0 Å². The lowest BCUT2D eigenvalue weighted by Gasteiger charge is -2.02. The van der Waals surface area contributed by atoms with Crippen LogP contribution in [0.15, 0.2) is 28.1 Å². The van der Waals surface area contributed by atoms with Crippen molar-refractivity contribution in [2.75, 3.05) is 0 Å². The molecule has 1 aromatic heterocycles. The zero-order valence-electron chi connectivity index (χ0n) is 8.97. The molecule has 0 saturated carbocycles. The summed E-state index contributed by atoms with van der Waals surface area (Å²) >= 11 is 4.74. The van der Waals surface area contributed by atoms with Crippen LogP contribution < -0.4 is 10.6 Å². The molecule has 0 bridgehead atoms. The highest BCUT2D eigenvalue weighted by molar-refractivity contribution is 9.10. The molecular formula is C10H9BrN2O4S. The molecule has 0 spiro atoms. The fourth-order valence-corrected chi connectivity index (χ4v) is 2.35. The second-order valence-corrected chi connectivity index (χ2v) is 4.99. The third-order valence-electron chi connectivity index (χ3n) is 1.66. The Bertz CT molecular complexity index is 498. The van der Waals surface area contributed by atoms with Crippen LogP contribution in [0.1, 0.15) is 4.88 Å². The summed E-state index contributed by atoms with van der Waals surface area (Å²) < 4.78 is 0.921. The van der Waals surface area contributed by atoms with Gasteiger partial charge in [-0.3, -0.25) is 10.1 Å². The van der Waals surface area contributed by atoms with Crippen LogP contribution in [0.4, 0.5) is 4.79 Å². The molecular weight excluding hydrogens is 324 g/mol. The third kappa shape index (κ3) is 5.60. The maximum Gasteiger partial charge on any atom is 0.328 e. The summed E-state index contributed by atoms with van der Waals surface area (Å²) in [6.07, 6.45) is 1.42. The fraction of sp³-hybridized carbons (Fsp3) is 0.100. The number of nitrogens with one attached hydrogen (secondary N) is 2. The van der Waals surface area contributed by atoms with Crippen molar-refractivity contribution in [2.45, 2.75) is 6.54 Å². The van der Waals surface area contributed by atoms with Gasteiger partial charge in [-0.1, -0.05) is 0 Å². The summed E-state index contributed by atoms with van der Waals surface area (Å²) in [5.41, 5.74) is 0. The van der Waals surface area contributed by atoms with Crippen LogP contribution in [0, 0.1) is 0 Å². The first-order valence-corrected chi connectivity index (χ1v) is 6.37. The Morgan fingerprint density at radius 1 is 1.39 bits per heavy atom. The Balaban J connectivity index is 2.33. The normalized spacial score (nSPS) is 10.3. The summed E-state index contributed by atoms with van der Waals surface area (Å²) in [7, 11) is 0. The molecule has 3 N–H and O–H groups in total. The molecule has 18 heavy (non-hydrogen) atoms. The van der Waals surface area contributed by atoms with Crippen LogP contribution in [-0.2, 0) is 16.1 Å². The minimum Gasteiger partial charge on any atom is -0.478 e. The number of carboxylic acids is 1. The molecule has 0 radical (unpaired) electrons. The van der Waals surface area contributed by atoms with E-state index in [-0.39, 0.29) is 6.54 Å². The molecule has 0 aromatic carbocycles. The Kier molecular flexibility index (Phi) is 5.53. The van der Waals surface area contributed by atoms with E-state index in [2.05, 4.69) is 21.2 Å². The Morgan fingerprint density at radius 2 is 2.11 bits per heavy atom. The largest absolute Gasteiger partial charge is 0.478 e. The maximum absolute atomic E-state index is 11.2. The highest BCUT2D eigenvalue weighted by Crippen LogP contribution is 2.19. The number of urea groups is 1. The minimum absolute atomic E-state index is 0.290. The smallest absolute Gasteiger partial charge is 0.328 e. The Hall–Kier alpha value is -1.67. The molecule has 0 aliphatic rings. The van der Waals surface area contributed by atoms with E-state index in [1.54, 1.807) is 0 Å². The molecule has 1 aromatic rings. The lowest BCUT2D eigenvalue weighted by molar-refractivity contribution is -0.131. The van der Waals surface area contributed by atoms with Gasteiger partial charge in [-0.05, 0) is 22.0 Å². The summed E-state index contributed by atoms with van der Waals surface area (Å²) in [5, 5.41) is 14.6. The van der Waals surface area contributed by atoms with Crippen molar-refractivity contribution in [1.29, 1.82) is 0 Å². The number of aliphatic carboxylic acids is 1. The van der Waals surface area contributed by atoms with Crippen molar-refractivity contribution in [3.63, 3.8) is 0 Å². The van der Waals surface area contributed by atoms with Crippen LogP contribution in [0.2, 0.25) is 0 Å². The van der Waals surface area contributed by atoms with Gasteiger partial charge in [-0.25, -0.2) is 9.59 Å². The van der Waals surface area contributed by atoms with Gasteiger partial charge in [0.15, 0.2) is 0 Å². The lowest BCUT2D eigenvalue weighted by Crippen LogP contribution is -2.38. The molecule has 0 unspecified atom stereocenters. The molecule has 0 aliphatic carbocycles. The van der Waals surface area contributed by atoms with Gasteiger partial charge >= 0.3 is 12.0 Å². The van der Waals surface area contributed by atoms with Crippen LogP contribution in [0.5, 0.6) is 0 Å². The summed E-state index contributed by atoms with van der Waals surface area (Å²) in [6, 6.07) is 1.16. The average molecular weight is 333 g/mol. The molecule has 1 heterocycles. The number of carbonyl (C=O) groups is 3. The molecule has 0 atom stereocenters. The quantitative estimate of drug-likeness (QED) is 0.727. The van der Waals surface area contributed by atoms with Crippen molar-refractivity contribution < 1.29 is 19.5 Å². The number of hydrogen-bond acceptors (Lipinski definition) is 4. The van der Waals surface area contributed by atoms with E-state index < -0.39 is 17.9 Å². The highest BCUT2D eigenvalue weighted by atomic mass is 79.9. The summed E-state index contributed by atoms with van der Waals surface area (Å²) in [4.78, 5) is 33.3. The van der Waals surface area contributed by atoms with Crippen molar-refractivity contribution in [3.8, 4) is 0 Å². The van der Waals surface area contributed by atoms with Gasteiger partial charge in [0.2, 0.25) is 0 Å². The molecule has 8 heteroatoms. The Morgan fingerprint density at radius 3 is 2.67 bits per heavy atom. The summed E-state index contributed by atoms with van der Waals surface area (Å²) in [6.45, 7) is 0.290. The van der Waals surface area contributed by atoms with Crippen molar-refractivity contribution in [2.24, 2.45) is 0 Å². The van der Waals surface area contributed by atoms with E-state index in [4.69, 9.17) is 5.11 Å². The predicted octanol–water partition coefficient (Wildman–Crippen LogP) is 1.48. The van der Waals surface area contributed by atoms with E-state index in [1.807, 2.05) is 16.8 Å². The van der Waals surface area contributed by atoms with Crippen LogP contribution >= 0.6 is 27.3 Å². The highest BCUT2D eigenvalue weighted by Gasteiger charge is 2.05. The first-order chi connectivity index (χ1) is 8.47. The van der Waals surface area contributed by atoms with Gasteiger partial charge in [0.1, 0.15) is 0 Å². The number of thiophene rings is 1. The molecule has 0 fully saturated rings. The second-order valence-electron chi connectivity index (χ2n) is 3.07. The lowest BCUT2D eigenvalue weighted by atomic mass is 10.4. The maximum atomic E-state index is 11.2. The second kappa shape index (κ2) is 6.92. The topological polar surface area (TPSA) is 95.5 Å². The van der Waals surface area contributed by atoms with Gasteiger partial charge < -0.3 is 10.4 Å². The number of carbonyl (C=O) groups excluding carboxylic acids is 2. The van der Waals surface area contributed by atoms with Crippen molar-refractivity contribution in [1.82, 2.24) is 10.6 Å². The first-order valence-electron chi connectivity index (χ1n) is 4.70. The van der Waals surface area contributed by atoms with E-state index in [1.165, 1.54) is 11.3 Å². The molecule has 3 amide bonds. The zero-order valence-corrected chi connectivity index (χ0v) is 11.4. The average Bonchev–Trinajstić information content (AvgIpc) is 2.70. The molecule has 1 rings (SSSR count). The molecule has 0 aliphatic heterocycles. The van der Waals surface area contributed by atoms with Gasteiger partial charge in [0.25, 0.3) is 5.91 Å². The standard InChI is InChI=1S/C10H9BrN2O4S/c11-6-3-7(18-5-6)4-12-10(17)13-8(14)1-2-9(15)16/h1-3,5H,4H2,(H,15,16)(H2,12,13,14,17).